The summed E-state index contributed by atoms with van der Waals surface area (Å²) in [7, 11) is 0. The van der Waals surface area contributed by atoms with E-state index in [1.165, 1.54) is 0 Å². The summed E-state index contributed by atoms with van der Waals surface area (Å²) in [6.07, 6.45) is 3.23. The molecule has 0 saturated heterocycles. The Kier molecular flexibility index (Phi) is 2.95. The molecule has 1 heterocycles. The van der Waals surface area contributed by atoms with E-state index in [0.29, 0.717) is 5.75 Å². The molecular formula is C12H11NO2. The fourth-order valence-electron chi connectivity index (χ4n) is 1.23. The predicted octanol–water partition coefficient (Wildman–Crippen LogP) is 2.37. The molecular weight excluding hydrogens is 190 g/mol. The molecule has 15 heavy (non-hydrogen) atoms. The topological polar surface area (TPSA) is 42.4 Å². The highest BCUT2D eigenvalue weighted by Crippen LogP contribution is 2.20. The van der Waals surface area contributed by atoms with Crippen molar-refractivity contribution < 1.29 is 9.84 Å². The fraction of sp³-hybridized carbons (Fsp3) is 0.0833. The standard InChI is InChI=1S/C12H11NO2/c14-9-10-6-12(8-13-7-10)15-11-4-2-1-3-5-11/h1-8,14H,9H2. The van der Waals surface area contributed by atoms with Crippen LogP contribution in [0.2, 0.25) is 0 Å². The highest BCUT2D eigenvalue weighted by atomic mass is 16.5. The van der Waals surface area contributed by atoms with Crippen molar-refractivity contribution in [2.24, 2.45) is 0 Å². The summed E-state index contributed by atoms with van der Waals surface area (Å²) in [6, 6.07) is 11.2. The van der Waals surface area contributed by atoms with Crippen LogP contribution in [0.15, 0.2) is 48.8 Å². The number of hydrogen-bond donors (Lipinski definition) is 1. The largest absolute Gasteiger partial charge is 0.456 e. The zero-order chi connectivity index (χ0) is 10.5. The van der Waals surface area contributed by atoms with Gasteiger partial charge in [0, 0.05) is 6.20 Å². The third kappa shape index (κ3) is 2.54. The molecule has 1 N–H and O–H groups in total. The minimum Gasteiger partial charge on any atom is -0.456 e. The van der Waals surface area contributed by atoms with Crippen LogP contribution in [0.1, 0.15) is 5.56 Å². The van der Waals surface area contributed by atoms with E-state index < -0.39 is 0 Å². The van der Waals surface area contributed by atoms with Crippen LogP contribution in [0.25, 0.3) is 0 Å². The number of rotatable bonds is 3. The minimum absolute atomic E-state index is 0.0288. The van der Waals surface area contributed by atoms with E-state index in [-0.39, 0.29) is 6.61 Å². The van der Waals surface area contributed by atoms with Crippen molar-refractivity contribution in [3.8, 4) is 11.5 Å². The maximum atomic E-state index is 8.93. The number of benzene rings is 1. The lowest BCUT2D eigenvalue weighted by Gasteiger charge is -2.05. The van der Waals surface area contributed by atoms with Gasteiger partial charge < -0.3 is 9.84 Å². The molecule has 0 aliphatic heterocycles. The monoisotopic (exact) mass is 201 g/mol. The van der Waals surface area contributed by atoms with Crippen LogP contribution in [-0.4, -0.2) is 10.1 Å². The van der Waals surface area contributed by atoms with Gasteiger partial charge in [0.15, 0.2) is 0 Å². The second-order valence-corrected chi connectivity index (χ2v) is 3.10. The van der Waals surface area contributed by atoms with Gasteiger partial charge >= 0.3 is 0 Å². The van der Waals surface area contributed by atoms with Gasteiger partial charge in [-0.25, -0.2) is 0 Å². The van der Waals surface area contributed by atoms with Crippen molar-refractivity contribution in [2.75, 3.05) is 0 Å². The number of nitrogens with zero attached hydrogens (tertiary/aromatic N) is 1. The van der Waals surface area contributed by atoms with Crippen LogP contribution in [0.5, 0.6) is 11.5 Å². The van der Waals surface area contributed by atoms with Gasteiger partial charge in [-0.1, -0.05) is 18.2 Å². The number of aliphatic hydroxyl groups is 1. The van der Waals surface area contributed by atoms with Gasteiger partial charge in [0.05, 0.1) is 12.8 Å². The zero-order valence-electron chi connectivity index (χ0n) is 8.13. The van der Waals surface area contributed by atoms with E-state index in [2.05, 4.69) is 4.98 Å². The second-order valence-electron chi connectivity index (χ2n) is 3.10. The molecule has 2 rings (SSSR count). The molecule has 0 spiro atoms. The van der Waals surface area contributed by atoms with Gasteiger partial charge in [0.1, 0.15) is 11.5 Å². The smallest absolute Gasteiger partial charge is 0.146 e. The second kappa shape index (κ2) is 4.57. The first kappa shape index (κ1) is 9.68. The fourth-order valence-corrected chi connectivity index (χ4v) is 1.23. The molecule has 2 aromatic rings. The average Bonchev–Trinajstić information content (AvgIpc) is 2.31. The van der Waals surface area contributed by atoms with Crippen LogP contribution in [0, 0.1) is 0 Å². The molecule has 0 aliphatic rings. The number of pyridine rings is 1. The normalized spacial score (nSPS) is 9.93. The summed E-state index contributed by atoms with van der Waals surface area (Å²) < 4.78 is 5.55. The highest BCUT2D eigenvalue weighted by molar-refractivity contribution is 5.30. The summed E-state index contributed by atoms with van der Waals surface area (Å²) in [5.74, 6) is 1.39. The van der Waals surface area contributed by atoms with Crippen molar-refractivity contribution in [3.05, 3.63) is 54.4 Å². The Morgan fingerprint density at radius 2 is 1.87 bits per heavy atom. The van der Waals surface area contributed by atoms with Gasteiger partial charge in [-0.15, -0.1) is 0 Å². The van der Waals surface area contributed by atoms with E-state index in [1.54, 1.807) is 18.5 Å². The van der Waals surface area contributed by atoms with Gasteiger partial charge in [0.25, 0.3) is 0 Å². The lowest BCUT2D eigenvalue weighted by molar-refractivity contribution is 0.280. The van der Waals surface area contributed by atoms with E-state index in [0.717, 1.165) is 11.3 Å². The first-order chi connectivity index (χ1) is 7.38. The molecule has 0 saturated carbocycles. The lowest BCUT2D eigenvalue weighted by atomic mass is 10.3. The Bertz CT molecular complexity index is 429. The predicted molar refractivity (Wildman–Crippen MR) is 56.7 cm³/mol. The Labute approximate surface area is 88.0 Å². The number of ether oxygens (including phenoxy) is 1. The summed E-state index contributed by atoms with van der Waals surface area (Å²) in [5.41, 5.74) is 0.739. The quantitative estimate of drug-likeness (QED) is 0.828. The number of aromatic nitrogens is 1. The van der Waals surface area contributed by atoms with Crippen molar-refractivity contribution in [1.29, 1.82) is 0 Å². The SMILES string of the molecule is OCc1cncc(Oc2ccccc2)c1. The summed E-state index contributed by atoms with van der Waals surface area (Å²) in [4.78, 5) is 3.97. The molecule has 0 atom stereocenters. The van der Waals surface area contributed by atoms with E-state index in [1.807, 2.05) is 30.3 Å². The molecule has 0 unspecified atom stereocenters. The summed E-state index contributed by atoms with van der Waals surface area (Å²) >= 11 is 0. The molecule has 0 bridgehead atoms. The van der Waals surface area contributed by atoms with Gasteiger partial charge in [0.2, 0.25) is 0 Å². The van der Waals surface area contributed by atoms with Gasteiger partial charge in [-0.05, 0) is 23.8 Å². The van der Waals surface area contributed by atoms with E-state index in [4.69, 9.17) is 9.84 Å². The van der Waals surface area contributed by atoms with Crippen LogP contribution < -0.4 is 4.74 Å². The minimum atomic E-state index is -0.0288. The first-order valence-electron chi connectivity index (χ1n) is 4.66. The van der Waals surface area contributed by atoms with Crippen molar-refractivity contribution in [3.63, 3.8) is 0 Å². The third-order valence-corrected chi connectivity index (χ3v) is 1.93. The molecule has 0 aliphatic carbocycles. The Balaban J connectivity index is 2.17. The number of para-hydroxylation sites is 1. The van der Waals surface area contributed by atoms with Crippen molar-refractivity contribution >= 4 is 0 Å². The lowest BCUT2D eigenvalue weighted by Crippen LogP contribution is -1.89. The Morgan fingerprint density at radius 3 is 2.60 bits per heavy atom. The Hall–Kier alpha value is -1.87. The highest BCUT2D eigenvalue weighted by Gasteiger charge is 1.98. The van der Waals surface area contributed by atoms with Gasteiger partial charge in [-0.3, -0.25) is 4.98 Å². The molecule has 1 aromatic carbocycles. The molecule has 3 nitrogen and oxygen atoms in total. The Morgan fingerprint density at radius 1 is 1.07 bits per heavy atom. The maximum Gasteiger partial charge on any atom is 0.146 e. The molecule has 0 fully saturated rings. The van der Waals surface area contributed by atoms with Crippen LogP contribution in [0.3, 0.4) is 0 Å². The summed E-state index contributed by atoms with van der Waals surface area (Å²) in [5, 5.41) is 8.93. The van der Waals surface area contributed by atoms with E-state index >= 15 is 0 Å². The molecule has 3 heteroatoms. The number of hydrogen-bond acceptors (Lipinski definition) is 3. The van der Waals surface area contributed by atoms with Crippen molar-refractivity contribution in [2.45, 2.75) is 6.61 Å². The van der Waals surface area contributed by atoms with Crippen molar-refractivity contribution in [1.82, 2.24) is 4.98 Å². The maximum absolute atomic E-state index is 8.93. The van der Waals surface area contributed by atoms with Crippen LogP contribution >= 0.6 is 0 Å². The summed E-state index contributed by atoms with van der Waals surface area (Å²) in [6.45, 7) is -0.0288. The zero-order valence-corrected chi connectivity index (χ0v) is 8.13. The van der Waals surface area contributed by atoms with E-state index in [9.17, 15) is 0 Å². The van der Waals surface area contributed by atoms with Gasteiger partial charge in [-0.2, -0.15) is 0 Å². The molecule has 0 radical (unpaired) electrons. The molecule has 76 valence electrons. The number of aliphatic hydroxyl groups excluding tert-OH is 1. The molecule has 1 aromatic heterocycles. The first-order valence-corrected chi connectivity index (χ1v) is 4.66. The third-order valence-electron chi connectivity index (χ3n) is 1.93. The molecule has 0 amide bonds. The van der Waals surface area contributed by atoms with Crippen LogP contribution in [0.4, 0.5) is 0 Å². The van der Waals surface area contributed by atoms with Crippen LogP contribution in [-0.2, 0) is 6.61 Å². The average molecular weight is 201 g/mol.